The second kappa shape index (κ2) is 8.80. The summed E-state index contributed by atoms with van der Waals surface area (Å²) >= 11 is 0. The maximum atomic E-state index is 13.5. The van der Waals surface area contributed by atoms with Gasteiger partial charge in [0.2, 0.25) is 10.0 Å². The fraction of sp³-hybridized carbons (Fsp3) is 0.478. The molecule has 170 valence electrons. The van der Waals surface area contributed by atoms with Gasteiger partial charge in [-0.2, -0.15) is 4.31 Å². The van der Waals surface area contributed by atoms with Gasteiger partial charge < -0.3 is 14.5 Å². The molecule has 0 unspecified atom stereocenters. The van der Waals surface area contributed by atoms with Gasteiger partial charge in [-0.3, -0.25) is 4.79 Å². The third kappa shape index (κ3) is 3.89. The van der Waals surface area contributed by atoms with Crippen molar-refractivity contribution < 1.29 is 17.9 Å². The van der Waals surface area contributed by atoms with Crippen LogP contribution in [-0.4, -0.2) is 69.6 Å². The van der Waals surface area contributed by atoms with Gasteiger partial charge in [0.25, 0.3) is 5.91 Å². The van der Waals surface area contributed by atoms with Crippen molar-refractivity contribution in [2.24, 2.45) is 0 Å². The number of nitrogens with zero attached hydrogens (tertiary/aromatic N) is 4. The van der Waals surface area contributed by atoms with Crippen LogP contribution < -0.4 is 9.80 Å². The van der Waals surface area contributed by atoms with Crippen molar-refractivity contribution in [3.63, 3.8) is 0 Å². The number of aromatic nitrogens is 1. The first-order valence-electron chi connectivity index (χ1n) is 11.3. The predicted molar refractivity (Wildman–Crippen MR) is 122 cm³/mol. The first-order chi connectivity index (χ1) is 15.6. The van der Waals surface area contributed by atoms with E-state index < -0.39 is 10.0 Å². The van der Waals surface area contributed by atoms with Gasteiger partial charge in [-0.15, -0.1) is 0 Å². The van der Waals surface area contributed by atoms with Gasteiger partial charge in [0.1, 0.15) is 5.82 Å². The molecule has 32 heavy (non-hydrogen) atoms. The standard InChI is InChI=1S/C23H28N4O4S/c28-23(20-5-4-9-24-22(20)25-13-15-31-16-14-25)27-12-8-18-17-19(6-7-21(18)27)32(29,30)26-10-2-1-3-11-26/h4-7,9,17H,1-3,8,10-16H2. The summed E-state index contributed by atoms with van der Waals surface area (Å²) in [5, 5.41) is 0. The highest BCUT2D eigenvalue weighted by Crippen LogP contribution is 2.34. The minimum absolute atomic E-state index is 0.107. The van der Waals surface area contributed by atoms with Gasteiger partial charge in [0.15, 0.2) is 0 Å². The smallest absolute Gasteiger partial charge is 0.262 e. The van der Waals surface area contributed by atoms with E-state index in [0.717, 1.165) is 30.5 Å². The van der Waals surface area contributed by atoms with Crippen molar-refractivity contribution in [3.05, 3.63) is 47.7 Å². The van der Waals surface area contributed by atoms with E-state index in [1.54, 1.807) is 39.7 Å². The average molecular weight is 457 g/mol. The Balaban J connectivity index is 1.41. The topological polar surface area (TPSA) is 83.0 Å². The van der Waals surface area contributed by atoms with E-state index in [-0.39, 0.29) is 5.91 Å². The highest BCUT2D eigenvalue weighted by Gasteiger charge is 2.32. The Bertz CT molecular complexity index is 1110. The molecule has 8 nitrogen and oxygen atoms in total. The minimum atomic E-state index is -3.49. The van der Waals surface area contributed by atoms with Gasteiger partial charge in [0.05, 0.1) is 23.7 Å². The molecule has 3 aliphatic rings. The van der Waals surface area contributed by atoms with Crippen LogP contribution in [0.4, 0.5) is 11.5 Å². The van der Waals surface area contributed by atoms with Gasteiger partial charge in [-0.1, -0.05) is 6.42 Å². The third-order valence-corrected chi connectivity index (χ3v) is 8.37. The fourth-order valence-electron chi connectivity index (χ4n) is 4.74. The number of hydrogen-bond donors (Lipinski definition) is 0. The van der Waals surface area contributed by atoms with Gasteiger partial charge >= 0.3 is 0 Å². The summed E-state index contributed by atoms with van der Waals surface area (Å²) in [6.45, 7) is 4.32. The molecule has 2 fully saturated rings. The number of morpholine rings is 1. The Morgan fingerprint density at radius 1 is 0.969 bits per heavy atom. The van der Waals surface area contributed by atoms with Crippen molar-refractivity contribution in [2.75, 3.05) is 55.7 Å². The third-order valence-electron chi connectivity index (χ3n) is 6.47. The Kier molecular flexibility index (Phi) is 5.88. The predicted octanol–water partition coefficient (Wildman–Crippen LogP) is 2.30. The van der Waals surface area contributed by atoms with Crippen molar-refractivity contribution >= 4 is 27.4 Å². The molecule has 4 heterocycles. The van der Waals surface area contributed by atoms with E-state index in [1.165, 1.54) is 0 Å². The van der Waals surface area contributed by atoms with Gasteiger partial charge in [-0.05, 0) is 55.2 Å². The van der Waals surface area contributed by atoms with Crippen molar-refractivity contribution in [2.45, 2.75) is 30.6 Å². The van der Waals surface area contributed by atoms with E-state index in [9.17, 15) is 13.2 Å². The lowest BCUT2D eigenvalue weighted by Crippen LogP contribution is -2.39. The molecular formula is C23H28N4O4S. The quantitative estimate of drug-likeness (QED) is 0.702. The summed E-state index contributed by atoms with van der Waals surface area (Å²) in [6, 6.07) is 8.76. The molecule has 0 N–H and O–H groups in total. The number of benzene rings is 1. The number of pyridine rings is 1. The molecule has 0 atom stereocenters. The molecule has 3 aliphatic heterocycles. The summed E-state index contributed by atoms with van der Waals surface area (Å²) in [7, 11) is -3.49. The van der Waals surface area contributed by atoms with E-state index in [4.69, 9.17) is 4.74 Å². The number of hydrogen-bond acceptors (Lipinski definition) is 6. The molecule has 0 spiro atoms. The van der Waals surface area contributed by atoms with Crippen LogP contribution in [0.15, 0.2) is 41.4 Å². The number of piperidine rings is 1. The molecule has 2 aromatic rings. The molecule has 0 bridgehead atoms. The molecule has 5 rings (SSSR count). The first-order valence-corrected chi connectivity index (χ1v) is 12.7. The number of anilines is 2. The summed E-state index contributed by atoms with van der Waals surface area (Å²) in [5.41, 5.74) is 2.24. The Morgan fingerprint density at radius 2 is 1.75 bits per heavy atom. The zero-order chi connectivity index (χ0) is 22.1. The molecule has 1 aromatic carbocycles. The lowest BCUT2D eigenvalue weighted by molar-refractivity contribution is 0.0987. The molecule has 2 saturated heterocycles. The van der Waals surface area contributed by atoms with Crippen LogP contribution in [0, 0.1) is 0 Å². The monoisotopic (exact) mass is 456 g/mol. The van der Waals surface area contributed by atoms with Crippen LogP contribution in [0.2, 0.25) is 0 Å². The Labute approximate surface area is 188 Å². The van der Waals surface area contributed by atoms with Gasteiger partial charge in [-0.25, -0.2) is 13.4 Å². The molecule has 0 saturated carbocycles. The highest BCUT2D eigenvalue weighted by atomic mass is 32.2. The average Bonchev–Trinajstić information content (AvgIpc) is 3.28. The molecule has 1 amide bonds. The first kappa shape index (κ1) is 21.4. The molecule has 1 aromatic heterocycles. The fourth-order valence-corrected chi connectivity index (χ4v) is 6.31. The lowest BCUT2D eigenvalue weighted by Gasteiger charge is -2.30. The number of amides is 1. The SMILES string of the molecule is O=C(c1cccnc1N1CCOCC1)N1CCc2cc(S(=O)(=O)N3CCCCC3)ccc21. The van der Waals surface area contributed by atoms with Gasteiger partial charge in [0, 0.05) is 44.6 Å². The van der Waals surface area contributed by atoms with Crippen molar-refractivity contribution in [1.29, 1.82) is 0 Å². The molecular weight excluding hydrogens is 428 g/mol. The number of carbonyl (C=O) groups is 1. The zero-order valence-electron chi connectivity index (χ0n) is 18.1. The van der Waals surface area contributed by atoms with Crippen LogP contribution in [0.3, 0.4) is 0 Å². The summed E-state index contributed by atoms with van der Waals surface area (Å²) in [6.07, 6.45) is 5.23. The van der Waals surface area contributed by atoms with E-state index in [0.29, 0.717) is 68.6 Å². The largest absolute Gasteiger partial charge is 0.378 e. The number of fused-ring (bicyclic) bond motifs is 1. The van der Waals surface area contributed by atoms with Crippen LogP contribution in [0.1, 0.15) is 35.2 Å². The normalized spacial score (nSPS) is 19.8. The summed E-state index contributed by atoms with van der Waals surface area (Å²) in [5.74, 6) is 0.573. The second-order valence-electron chi connectivity index (χ2n) is 8.44. The Hall–Kier alpha value is -2.49. The van der Waals surface area contributed by atoms with Crippen molar-refractivity contribution in [3.8, 4) is 0 Å². The number of carbonyl (C=O) groups excluding carboxylic acids is 1. The summed E-state index contributed by atoms with van der Waals surface area (Å²) in [4.78, 5) is 22.1. The summed E-state index contributed by atoms with van der Waals surface area (Å²) < 4.78 is 33.1. The zero-order valence-corrected chi connectivity index (χ0v) is 18.9. The van der Waals surface area contributed by atoms with Crippen LogP contribution in [0.5, 0.6) is 0 Å². The van der Waals surface area contributed by atoms with Crippen LogP contribution in [-0.2, 0) is 21.2 Å². The Morgan fingerprint density at radius 3 is 2.53 bits per heavy atom. The maximum absolute atomic E-state index is 13.5. The van der Waals surface area contributed by atoms with Crippen LogP contribution >= 0.6 is 0 Å². The molecule has 0 aliphatic carbocycles. The highest BCUT2D eigenvalue weighted by molar-refractivity contribution is 7.89. The van der Waals surface area contributed by atoms with Crippen molar-refractivity contribution in [1.82, 2.24) is 9.29 Å². The number of sulfonamides is 1. The van der Waals surface area contributed by atoms with Crippen LogP contribution in [0.25, 0.3) is 0 Å². The molecule has 9 heteroatoms. The van der Waals surface area contributed by atoms with E-state index in [2.05, 4.69) is 9.88 Å². The molecule has 0 radical (unpaired) electrons. The van der Waals surface area contributed by atoms with E-state index >= 15 is 0 Å². The maximum Gasteiger partial charge on any atom is 0.262 e. The second-order valence-corrected chi connectivity index (χ2v) is 10.4. The van der Waals surface area contributed by atoms with E-state index in [1.807, 2.05) is 6.07 Å². The lowest BCUT2D eigenvalue weighted by atomic mass is 10.1. The number of ether oxygens (including phenoxy) is 1. The number of rotatable bonds is 4. The minimum Gasteiger partial charge on any atom is -0.378 e.